The summed E-state index contributed by atoms with van der Waals surface area (Å²) in [4.78, 5) is 33.1. The molecule has 24 heavy (non-hydrogen) atoms. The van der Waals surface area contributed by atoms with Gasteiger partial charge < -0.3 is 45.7 Å². The molecular formula is C13H21N2O9-. The fourth-order valence-electron chi connectivity index (χ4n) is 2.39. The van der Waals surface area contributed by atoms with Crippen molar-refractivity contribution in [3.05, 3.63) is 0 Å². The van der Waals surface area contributed by atoms with Crippen LogP contribution in [-0.4, -0.2) is 81.0 Å². The molecule has 0 aliphatic carbocycles. The lowest BCUT2D eigenvalue weighted by Crippen LogP contribution is -2.69. The highest BCUT2D eigenvalue weighted by atomic mass is 16.7. The molecule has 1 aliphatic rings. The lowest BCUT2D eigenvalue weighted by atomic mass is 9.88. The number of carboxylic acid groups (broad SMARTS) is 1. The zero-order chi connectivity index (χ0) is 18.7. The van der Waals surface area contributed by atoms with Crippen LogP contribution in [0.5, 0.6) is 0 Å². The molecule has 6 atom stereocenters. The van der Waals surface area contributed by atoms with Crippen molar-refractivity contribution in [3.8, 4) is 0 Å². The number of rotatable bonds is 6. The van der Waals surface area contributed by atoms with E-state index in [1.807, 2.05) is 0 Å². The normalized spacial score (nSPS) is 32.5. The molecule has 11 nitrogen and oxygen atoms in total. The highest BCUT2D eigenvalue weighted by Gasteiger charge is 2.50. The van der Waals surface area contributed by atoms with E-state index in [1.165, 1.54) is 6.92 Å². The molecule has 2 unspecified atom stereocenters. The summed E-state index contributed by atoms with van der Waals surface area (Å²) in [6.45, 7) is 1.89. The Bertz CT molecular complexity index is 500. The van der Waals surface area contributed by atoms with Gasteiger partial charge in [-0.15, -0.1) is 0 Å². The minimum atomic E-state index is -2.91. The third-order valence-electron chi connectivity index (χ3n) is 3.57. The Morgan fingerprint density at radius 3 is 2.33 bits per heavy atom. The molecule has 2 amide bonds. The molecule has 0 radical (unpaired) electrons. The lowest BCUT2D eigenvalue weighted by molar-refractivity contribution is -0.373. The topological polar surface area (TPSA) is 188 Å². The highest BCUT2D eigenvalue weighted by Crippen LogP contribution is 2.30. The lowest BCUT2D eigenvalue weighted by Gasteiger charge is -2.46. The molecule has 0 saturated carbocycles. The largest absolute Gasteiger partial charge is 0.544 e. The first-order valence-electron chi connectivity index (χ1n) is 7.15. The van der Waals surface area contributed by atoms with Gasteiger partial charge in [-0.1, -0.05) is 0 Å². The van der Waals surface area contributed by atoms with Gasteiger partial charge in [-0.25, -0.2) is 0 Å². The number of hydrogen-bond donors (Lipinski definition) is 6. The monoisotopic (exact) mass is 349 g/mol. The van der Waals surface area contributed by atoms with Crippen LogP contribution in [0.1, 0.15) is 20.3 Å². The van der Waals surface area contributed by atoms with Crippen molar-refractivity contribution in [2.24, 2.45) is 0 Å². The number of amides is 2. The Morgan fingerprint density at radius 2 is 1.88 bits per heavy atom. The van der Waals surface area contributed by atoms with Crippen molar-refractivity contribution < 1.29 is 44.7 Å². The van der Waals surface area contributed by atoms with Crippen molar-refractivity contribution >= 4 is 17.8 Å². The maximum Gasteiger partial charge on any atom is 0.217 e. The van der Waals surface area contributed by atoms with Gasteiger partial charge in [0.1, 0.15) is 18.2 Å². The summed E-state index contributed by atoms with van der Waals surface area (Å²) in [6, 6.07) is -1.30. The Kier molecular flexibility index (Phi) is 6.63. The number of carbonyl (C=O) groups excluding carboxylic acids is 3. The minimum Gasteiger partial charge on any atom is -0.544 e. The number of ether oxygens (including phenoxy) is 1. The second kappa shape index (κ2) is 7.85. The molecule has 1 fully saturated rings. The molecule has 0 spiro atoms. The number of aliphatic hydroxyl groups is 4. The average molecular weight is 349 g/mol. The van der Waals surface area contributed by atoms with Crippen molar-refractivity contribution in [3.63, 3.8) is 0 Å². The van der Waals surface area contributed by atoms with Crippen LogP contribution in [-0.2, 0) is 19.1 Å². The van der Waals surface area contributed by atoms with Crippen molar-refractivity contribution in [2.75, 3.05) is 6.54 Å². The molecule has 0 aromatic heterocycles. The summed E-state index contributed by atoms with van der Waals surface area (Å²) in [5.41, 5.74) is 0. The van der Waals surface area contributed by atoms with E-state index in [1.54, 1.807) is 0 Å². The predicted molar refractivity (Wildman–Crippen MR) is 73.8 cm³/mol. The number of carboxylic acids is 1. The quantitative estimate of drug-likeness (QED) is 0.272. The maximum atomic E-state index is 11.2. The van der Waals surface area contributed by atoms with Crippen molar-refractivity contribution in [1.82, 2.24) is 10.6 Å². The summed E-state index contributed by atoms with van der Waals surface area (Å²) in [6.07, 6.45) is -7.55. The molecule has 1 saturated heterocycles. The summed E-state index contributed by atoms with van der Waals surface area (Å²) < 4.78 is 4.91. The van der Waals surface area contributed by atoms with E-state index in [9.17, 15) is 39.9 Å². The number of nitrogens with one attached hydrogen (secondary N) is 2. The minimum absolute atomic E-state index is 0.400. The van der Waals surface area contributed by atoms with E-state index >= 15 is 0 Å². The number of hydrogen-bond acceptors (Lipinski definition) is 9. The van der Waals surface area contributed by atoms with Gasteiger partial charge >= 0.3 is 0 Å². The van der Waals surface area contributed by atoms with Crippen LogP contribution in [0.2, 0.25) is 0 Å². The first kappa shape index (κ1) is 20.3. The van der Waals surface area contributed by atoms with Crippen LogP contribution in [0.4, 0.5) is 0 Å². The first-order valence-corrected chi connectivity index (χ1v) is 7.15. The van der Waals surface area contributed by atoms with Crippen molar-refractivity contribution in [2.45, 2.75) is 56.5 Å². The van der Waals surface area contributed by atoms with Gasteiger partial charge in [0, 0.05) is 26.8 Å². The average Bonchev–Trinajstić information content (AvgIpc) is 2.46. The molecular weight excluding hydrogens is 328 g/mol. The number of carbonyl (C=O) groups is 3. The predicted octanol–water partition coefficient (Wildman–Crippen LogP) is -5.06. The van der Waals surface area contributed by atoms with Gasteiger partial charge in [0.25, 0.3) is 0 Å². The SMILES string of the molecule is CC(=O)NC[C@@H](O)[C@@H](O)C1O[C@](O)(C(=O)[O-])CC(O)[C@H]1NC(C)=O. The third-order valence-corrected chi connectivity index (χ3v) is 3.57. The van der Waals surface area contributed by atoms with Crippen LogP contribution in [0.25, 0.3) is 0 Å². The molecule has 1 aliphatic heterocycles. The van der Waals surface area contributed by atoms with E-state index in [0.29, 0.717) is 0 Å². The zero-order valence-electron chi connectivity index (χ0n) is 13.1. The summed E-state index contributed by atoms with van der Waals surface area (Å²) in [7, 11) is 0. The summed E-state index contributed by atoms with van der Waals surface area (Å²) in [5, 5.41) is 55.4. The van der Waals surface area contributed by atoms with E-state index in [4.69, 9.17) is 4.74 Å². The van der Waals surface area contributed by atoms with E-state index in [0.717, 1.165) is 6.92 Å². The van der Waals surface area contributed by atoms with E-state index < -0.39 is 67.0 Å². The van der Waals surface area contributed by atoms with Gasteiger partial charge in [0.2, 0.25) is 17.6 Å². The van der Waals surface area contributed by atoms with Crippen molar-refractivity contribution in [1.29, 1.82) is 0 Å². The zero-order valence-corrected chi connectivity index (χ0v) is 13.1. The smallest absolute Gasteiger partial charge is 0.217 e. The summed E-state index contributed by atoms with van der Waals surface area (Å²) in [5.74, 6) is -6.06. The van der Waals surface area contributed by atoms with Crippen LogP contribution < -0.4 is 15.7 Å². The van der Waals surface area contributed by atoms with Gasteiger partial charge in [-0.2, -0.15) is 0 Å². The van der Waals surface area contributed by atoms with Crippen LogP contribution >= 0.6 is 0 Å². The summed E-state index contributed by atoms with van der Waals surface area (Å²) >= 11 is 0. The van der Waals surface area contributed by atoms with Gasteiger partial charge in [-0.05, 0) is 0 Å². The second-order valence-electron chi connectivity index (χ2n) is 5.65. The van der Waals surface area contributed by atoms with Crippen LogP contribution in [0.15, 0.2) is 0 Å². The molecule has 6 N–H and O–H groups in total. The number of aliphatic hydroxyl groups excluding tert-OH is 3. The molecule has 1 rings (SSSR count). The highest BCUT2D eigenvalue weighted by molar-refractivity contribution is 5.75. The Morgan fingerprint density at radius 1 is 1.29 bits per heavy atom. The molecule has 1 heterocycles. The molecule has 138 valence electrons. The standard InChI is InChI=1S/C13H22N2O9/c1-5(16)14-4-8(19)10(20)11-9(15-6(2)17)7(18)3-13(23,24-11)12(21)22/h7-11,18-20,23H,3-4H2,1-2H3,(H,14,16)(H,15,17)(H,21,22)/p-1/t7?,8-,9-,10-,11?,13+/m1/s1. The Balaban J connectivity index is 3.01. The van der Waals surface area contributed by atoms with Crippen LogP contribution in [0, 0.1) is 0 Å². The Hall–Kier alpha value is -1.79. The number of aliphatic carboxylic acids is 1. The maximum absolute atomic E-state index is 11.2. The molecule has 0 aromatic rings. The second-order valence-corrected chi connectivity index (χ2v) is 5.65. The third kappa shape index (κ3) is 4.85. The molecule has 0 aromatic carbocycles. The Labute approximate surface area is 137 Å². The molecule has 0 bridgehead atoms. The fourth-order valence-corrected chi connectivity index (χ4v) is 2.39. The van der Waals surface area contributed by atoms with Gasteiger partial charge in [-0.3, -0.25) is 9.59 Å². The van der Waals surface area contributed by atoms with Gasteiger partial charge in [0.15, 0.2) is 0 Å². The van der Waals surface area contributed by atoms with E-state index in [2.05, 4.69) is 10.6 Å². The van der Waals surface area contributed by atoms with Gasteiger partial charge in [0.05, 0.1) is 18.2 Å². The molecule has 11 heteroatoms. The van der Waals surface area contributed by atoms with E-state index in [-0.39, 0.29) is 0 Å². The first-order chi connectivity index (χ1) is 11.0. The van der Waals surface area contributed by atoms with Crippen LogP contribution in [0.3, 0.4) is 0 Å². The fraction of sp³-hybridized carbons (Fsp3) is 0.769.